The van der Waals surface area contributed by atoms with Gasteiger partial charge in [0.05, 0.1) is 32.2 Å². The number of pyridine rings is 1. The van der Waals surface area contributed by atoms with Crippen LogP contribution < -0.4 is 35.3 Å². The van der Waals surface area contributed by atoms with E-state index >= 15 is 0 Å². The minimum atomic E-state index is -0.542. The summed E-state index contributed by atoms with van der Waals surface area (Å²) >= 11 is 0. The van der Waals surface area contributed by atoms with E-state index in [0.717, 1.165) is 27.6 Å². The molecule has 0 unspecified atom stereocenters. The molecule has 4 aromatic carbocycles. The number of nitrogens with one attached hydrogen (secondary N) is 2. The predicted octanol–water partition coefficient (Wildman–Crippen LogP) is 7.05. The van der Waals surface area contributed by atoms with Crippen LogP contribution in [0.2, 0.25) is 0 Å². The summed E-state index contributed by atoms with van der Waals surface area (Å²) in [4.78, 5) is 29.7. The molecule has 49 heavy (non-hydrogen) atoms. The molecule has 0 atom stereocenters. The molecule has 1 heterocycles. The average molecular weight is 665 g/mol. The van der Waals surface area contributed by atoms with E-state index in [4.69, 9.17) is 24.7 Å². The molecule has 11 nitrogen and oxygen atoms in total. The van der Waals surface area contributed by atoms with Crippen molar-refractivity contribution in [1.82, 2.24) is 4.98 Å². The molecule has 0 saturated carbocycles. The Morgan fingerprint density at radius 2 is 1.59 bits per heavy atom. The fourth-order valence-corrected chi connectivity index (χ4v) is 5.32. The van der Waals surface area contributed by atoms with Crippen molar-refractivity contribution in [3.8, 4) is 28.7 Å². The van der Waals surface area contributed by atoms with Crippen LogP contribution in [0.15, 0.2) is 85.1 Å². The summed E-state index contributed by atoms with van der Waals surface area (Å²) in [5, 5.41) is 16.7. The van der Waals surface area contributed by atoms with Crippen molar-refractivity contribution in [3.05, 3.63) is 107 Å². The first-order valence-electron chi connectivity index (χ1n) is 15.7. The summed E-state index contributed by atoms with van der Waals surface area (Å²) < 4.78 is 23.0. The lowest BCUT2D eigenvalue weighted by Gasteiger charge is -2.23. The van der Waals surface area contributed by atoms with E-state index in [1.807, 2.05) is 48.5 Å². The highest BCUT2D eigenvalue weighted by Crippen LogP contribution is 2.41. The minimum Gasteiger partial charge on any atom is -0.497 e. The molecule has 0 aliphatic carbocycles. The fraction of sp³-hybridized carbons (Fsp3) is 0.237. The highest BCUT2D eigenvalue weighted by atomic mass is 16.5. The summed E-state index contributed by atoms with van der Waals surface area (Å²) in [6, 6.07) is 23.1. The molecule has 0 saturated heterocycles. The molecule has 0 bridgehead atoms. The molecule has 0 radical (unpaired) electrons. The summed E-state index contributed by atoms with van der Waals surface area (Å²) in [6.07, 6.45) is 2.08. The van der Waals surface area contributed by atoms with Crippen LogP contribution in [0, 0.1) is 0 Å². The zero-order valence-corrected chi connectivity index (χ0v) is 28.1. The molecule has 5 aromatic rings. The molecule has 5 N–H and O–H groups in total. The molecule has 3 amide bonds. The maximum Gasteiger partial charge on any atom is 0.323 e. The van der Waals surface area contributed by atoms with Gasteiger partial charge in [0, 0.05) is 40.7 Å². The quantitative estimate of drug-likeness (QED) is 0.111. The molecule has 0 spiro atoms. The summed E-state index contributed by atoms with van der Waals surface area (Å²) in [6.45, 7) is 6.08. The lowest BCUT2D eigenvalue weighted by molar-refractivity contribution is 0.0999. The van der Waals surface area contributed by atoms with Crippen LogP contribution in [-0.4, -0.2) is 49.5 Å². The van der Waals surface area contributed by atoms with Crippen LogP contribution in [0.1, 0.15) is 48.0 Å². The van der Waals surface area contributed by atoms with Crippen molar-refractivity contribution >= 4 is 34.1 Å². The molecular formula is C38H40N4O7. The van der Waals surface area contributed by atoms with Crippen LogP contribution in [0.5, 0.6) is 28.7 Å². The number of amides is 3. The largest absolute Gasteiger partial charge is 0.497 e. The predicted molar refractivity (Wildman–Crippen MR) is 189 cm³/mol. The van der Waals surface area contributed by atoms with E-state index in [9.17, 15) is 14.7 Å². The van der Waals surface area contributed by atoms with Gasteiger partial charge in [0.2, 0.25) is 5.91 Å². The third-order valence-corrected chi connectivity index (χ3v) is 7.74. The number of primary amides is 1. The number of anilines is 2. The molecule has 1 aromatic heterocycles. The number of carbonyl (C=O) groups excluding carboxylic acids is 2. The Hall–Kier alpha value is -5.81. The van der Waals surface area contributed by atoms with Crippen molar-refractivity contribution in [2.45, 2.75) is 32.6 Å². The number of fused-ring (bicyclic) bond motifs is 1. The lowest BCUT2D eigenvalue weighted by atomic mass is 9.86. The summed E-state index contributed by atoms with van der Waals surface area (Å²) in [5.41, 5.74) is 9.06. The highest BCUT2D eigenvalue weighted by molar-refractivity contribution is 6.08. The van der Waals surface area contributed by atoms with Crippen molar-refractivity contribution in [3.63, 3.8) is 0 Å². The van der Waals surface area contributed by atoms with E-state index in [-0.39, 0.29) is 18.6 Å². The second-order valence-electron chi connectivity index (χ2n) is 12.3. The first-order valence-corrected chi connectivity index (χ1v) is 15.7. The number of hydrogen-bond donors (Lipinski definition) is 4. The third kappa shape index (κ3) is 8.38. The number of benzene rings is 4. The third-order valence-electron chi connectivity index (χ3n) is 7.74. The van der Waals surface area contributed by atoms with E-state index in [2.05, 4.69) is 36.4 Å². The number of methoxy groups -OCH3 is 2. The zero-order valence-electron chi connectivity index (χ0n) is 28.1. The Morgan fingerprint density at radius 3 is 2.29 bits per heavy atom. The van der Waals surface area contributed by atoms with E-state index in [1.165, 1.54) is 14.2 Å². The van der Waals surface area contributed by atoms with Crippen LogP contribution >= 0.6 is 0 Å². The van der Waals surface area contributed by atoms with Crippen molar-refractivity contribution in [1.29, 1.82) is 0 Å². The van der Waals surface area contributed by atoms with Gasteiger partial charge in [-0.05, 0) is 65.1 Å². The molecule has 254 valence electrons. The second kappa shape index (κ2) is 15.0. The number of nitrogens with two attached hydrogens (primary N) is 1. The number of ether oxygens (including phenoxy) is 4. The van der Waals surface area contributed by atoms with Crippen molar-refractivity contribution in [2.24, 2.45) is 5.73 Å². The van der Waals surface area contributed by atoms with Crippen LogP contribution in [0.3, 0.4) is 0 Å². The van der Waals surface area contributed by atoms with Crippen LogP contribution in [-0.2, 0) is 11.8 Å². The Balaban J connectivity index is 1.38. The Bertz CT molecular complexity index is 1990. The maximum absolute atomic E-state index is 13.4. The Morgan fingerprint density at radius 1 is 0.837 bits per heavy atom. The molecule has 5 rings (SSSR count). The minimum absolute atomic E-state index is 0.0802. The first-order chi connectivity index (χ1) is 23.5. The Labute approximate surface area is 285 Å². The Kier molecular flexibility index (Phi) is 10.5. The number of hydrogen-bond acceptors (Lipinski definition) is 8. The molecule has 0 aliphatic heterocycles. The van der Waals surface area contributed by atoms with Gasteiger partial charge >= 0.3 is 6.03 Å². The zero-order chi connectivity index (χ0) is 35.1. The highest BCUT2D eigenvalue weighted by Gasteiger charge is 2.22. The summed E-state index contributed by atoms with van der Waals surface area (Å²) in [7, 11) is 3.03. The van der Waals surface area contributed by atoms with E-state index in [0.29, 0.717) is 52.1 Å². The van der Waals surface area contributed by atoms with Crippen LogP contribution in [0.25, 0.3) is 10.8 Å². The van der Waals surface area contributed by atoms with Crippen LogP contribution in [0.4, 0.5) is 16.2 Å². The molecule has 0 fully saturated rings. The van der Waals surface area contributed by atoms with E-state index < -0.39 is 11.9 Å². The first kappa shape index (κ1) is 34.5. The van der Waals surface area contributed by atoms with E-state index in [1.54, 1.807) is 36.5 Å². The number of aromatic nitrogens is 1. The molecule has 11 heteroatoms. The van der Waals surface area contributed by atoms with Gasteiger partial charge < -0.3 is 40.4 Å². The fourth-order valence-electron chi connectivity index (χ4n) is 5.32. The maximum atomic E-state index is 13.4. The number of aliphatic hydroxyl groups is 1. The number of carbonyl (C=O) groups is 2. The monoisotopic (exact) mass is 664 g/mol. The SMILES string of the molecule is COc1cc(Cc2cc(Oc3ccc(NC(=O)Nc4cc(C(C)(C)C)cc(OCCO)c4OC)c4ccccc34)ccn2)cc(C(N)=O)c1. The van der Waals surface area contributed by atoms with Gasteiger partial charge in [-0.1, -0.05) is 45.0 Å². The molecule has 0 aliphatic rings. The van der Waals surface area contributed by atoms with Gasteiger partial charge in [0.1, 0.15) is 23.9 Å². The topological polar surface area (TPSA) is 154 Å². The van der Waals surface area contributed by atoms with Crippen molar-refractivity contribution < 1.29 is 33.6 Å². The number of aliphatic hydroxyl groups excluding tert-OH is 1. The smallest absolute Gasteiger partial charge is 0.323 e. The number of urea groups is 1. The van der Waals surface area contributed by atoms with Crippen molar-refractivity contribution in [2.75, 3.05) is 38.1 Å². The van der Waals surface area contributed by atoms with Gasteiger partial charge in [-0.2, -0.15) is 0 Å². The van der Waals surface area contributed by atoms with Gasteiger partial charge in [-0.25, -0.2) is 4.79 Å². The van der Waals surface area contributed by atoms with Gasteiger partial charge in [0.15, 0.2) is 11.5 Å². The lowest BCUT2D eigenvalue weighted by Crippen LogP contribution is -2.21. The van der Waals surface area contributed by atoms with Gasteiger partial charge in [-0.15, -0.1) is 0 Å². The molecular weight excluding hydrogens is 624 g/mol. The normalized spacial score (nSPS) is 11.1. The van der Waals surface area contributed by atoms with Gasteiger partial charge in [-0.3, -0.25) is 9.78 Å². The standard InChI is InChI=1S/C38H40N4O7/c1-38(2,3)25-20-32(35(47-5)34(21-25)48-15-14-43)42-37(45)41-31-10-11-33(30-9-7-6-8-29(30)31)49-27-12-13-40-26(22-27)17-23-16-24(36(39)44)19-28(18-23)46-4/h6-13,16,18-22,43H,14-15,17H2,1-5H3,(H2,39,44)(H2,41,42,45). The number of rotatable bonds is 12. The summed E-state index contributed by atoms with van der Waals surface area (Å²) in [5.74, 6) is 1.91. The van der Waals surface area contributed by atoms with Gasteiger partial charge in [0.25, 0.3) is 0 Å². The average Bonchev–Trinajstić information content (AvgIpc) is 3.07. The second-order valence-corrected chi connectivity index (χ2v) is 12.3. The number of nitrogens with zero attached hydrogens (tertiary/aromatic N) is 1.